The van der Waals surface area contributed by atoms with E-state index in [1.807, 2.05) is 25.1 Å². The van der Waals surface area contributed by atoms with E-state index in [2.05, 4.69) is 15.5 Å². The number of carbonyl (C=O) groups is 1. The summed E-state index contributed by atoms with van der Waals surface area (Å²) in [4.78, 5) is 14.7. The highest BCUT2D eigenvalue weighted by Crippen LogP contribution is 2.22. The number of urea groups is 1. The van der Waals surface area contributed by atoms with Crippen LogP contribution in [0.15, 0.2) is 48.5 Å². The summed E-state index contributed by atoms with van der Waals surface area (Å²) in [5.74, 6) is 1.04. The van der Waals surface area contributed by atoms with E-state index < -0.39 is 6.10 Å². The number of likely N-dealkylation sites (tertiary alicyclic amines) is 1. The molecule has 6 nitrogen and oxygen atoms in total. The number of nitrogens with one attached hydrogen (secondary N) is 2. The second kappa shape index (κ2) is 11.8. The summed E-state index contributed by atoms with van der Waals surface area (Å²) in [6, 6.07) is 13.2. The lowest BCUT2D eigenvalue weighted by atomic mass is 9.90. The van der Waals surface area contributed by atoms with E-state index in [4.69, 9.17) is 4.74 Å². The molecule has 7 heteroatoms. The van der Waals surface area contributed by atoms with Crippen molar-refractivity contribution < 1.29 is 19.0 Å². The fraction of sp³-hybridized carbons (Fsp3) is 0.480. The fourth-order valence-electron chi connectivity index (χ4n) is 4.23. The Bertz CT molecular complexity index is 854. The molecule has 3 N–H and O–H groups in total. The molecule has 2 atom stereocenters. The third-order valence-corrected chi connectivity index (χ3v) is 6.14. The van der Waals surface area contributed by atoms with Crippen LogP contribution in [0.5, 0.6) is 5.75 Å². The number of amides is 2. The van der Waals surface area contributed by atoms with Crippen molar-refractivity contribution in [3.05, 3.63) is 59.9 Å². The molecule has 2 aromatic rings. The second-order valence-corrected chi connectivity index (χ2v) is 8.49. The Morgan fingerprint density at radius 3 is 2.59 bits per heavy atom. The van der Waals surface area contributed by atoms with Gasteiger partial charge >= 0.3 is 6.03 Å². The quantitative estimate of drug-likeness (QED) is 0.547. The van der Waals surface area contributed by atoms with Gasteiger partial charge in [-0.15, -0.1) is 0 Å². The number of aliphatic hydroxyl groups excluding tert-OH is 1. The highest BCUT2D eigenvalue weighted by molar-refractivity contribution is 5.89. The number of hydrogen-bond acceptors (Lipinski definition) is 4. The molecule has 0 unspecified atom stereocenters. The molecule has 0 bridgehead atoms. The van der Waals surface area contributed by atoms with Crippen LogP contribution in [0.4, 0.5) is 14.9 Å². The number of methoxy groups -OCH3 is 1. The number of anilines is 1. The molecule has 1 aliphatic rings. The number of piperidine rings is 1. The van der Waals surface area contributed by atoms with Crippen LogP contribution in [-0.2, 0) is 6.42 Å². The Morgan fingerprint density at radius 2 is 1.94 bits per heavy atom. The Balaban J connectivity index is 1.43. The van der Waals surface area contributed by atoms with Crippen LogP contribution in [0.25, 0.3) is 0 Å². The van der Waals surface area contributed by atoms with Crippen molar-refractivity contribution in [2.45, 2.75) is 44.8 Å². The first-order valence-corrected chi connectivity index (χ1v) is 11.3. The third kappa shape index (κ3) is 7.21. The van der Waals surface area contributed by atoms with Crippen molar-refractivity contribution in [1.29, 1.82) is 0 Å². The third-order valence-electron chi connectivity index (χ3n) is 6.14. The van der Waals surface area contributed by atoms with Crippen LogP contribution >= 0.6 is 0 Å². The molecule has 174 valence electrons. The molecular formula is C25H34FN3O3. The van der Waals surface area contributed by atoms with Gasteiger partial charge in [0.25, 0.3) is 0 Å². The fourth-order valence-corrected chi connectivity index (χ4v) is 4.23. The first-order chi connectivity index (χ1) is 15.5. The van der Waals surface area contributed by atoms with E-state index in [9.17, 15) is 14.3 Å². The van der Waals surface area contributed by atoms with E-state index in [-0.39, 0.29) is 17.9 Å². The van der Waals surface area contributed by atoms with Crippen molar-refractivity contribution in [1.82, 2.24) is 10.2 Å². The normalized spacial score (nSPS) is 16.9. The van der Waals surface area contributed by atoms with Crippen LogP contribution in [0.1, 0.15) is 31.7 Å². The average Bonchev–Trinajstić information content (AvgIpc) is 2.80. The number of hydrogen-bond donors (Lipinski definition) is 3. The lowest BCUT2D eigenvalue weighted by Crippen LogP contribution is -2.50. The van der Waals surface area contributed by atoms with Crippen LogP contribution < -0.4 is 15.4 Å². The molecule has 1 aliphatic heterocycles. The maximum absolute atomic E-state index is 13.1. The summed E-state index contributed by atoms with van der Waals surface area (Å²) in [6.07, 6.45) is 3.04. The van der Waals surface area contributed by atoms with Crippen molar-refractivity contribution in [3.8, 4) is 5.75 Å². The van der Waals surface area contributed by atoms with E-state index in [1.54, 1.807) is 25.3 Å². The van der Waals surface area contributed by atoms with Crippen LogP contribution in [0, 0.1) is 11.7 Å². The Morgan fingerprint density at radius 1 is 1.22 bits per heavy atom. The van der Waals surface area contributed by atoms with Crippen molar-refractivity contribution in [2.24, 2.45) is 5.92 Å². The summed E-state index contributed by atoms with van der Waals surface area (Å²) in [6.45, 7) is 4.31. The molecule has 2 amide bonds. The lowest BCUT2D eigenvalue weighted by molar-refractivity contribution is 0.0649. The predicted octanol–water partition coefficient (Wildman–Crippen LogP) is 4.05. The number of carbonyl (C=O) groups excluding carboxylic acids is 1. The van der Waals surface area contributed by atoms with Gasteiger partial charge in [0.1, 0.15) is 11.6 Å². The molecule has 3 rings (SSSR count). The molecule has 0 aromatic heterocycles. The predicted molar refractivity (Wildman–Crippen MR) is 125 cm³/mol. The minimum atomic E-state index is -0.648. The number of β-amino-alcohol motifs (C(OH)–C–C–N with tert-alkyl or cyclic N) is 1. The molecule has 1 heterocycles. The molecule has 32 heavy (non-hydrogen) atoms. The SMILES string of the molecule is CC[C@@H](NC(=O)Nc1cccc(OC)c1)[C@H](O)CN1CCC(Cc2ccc(F)cc2)CC1. The van der Waals surface area contributed by atoms with E-state index in [0.717, 1.165) is 32.4 Å². The van der Waals surface area contributed by atoms with Gasteiger partial charge in [-0.2, -0.15) is 0 Å². The molecule has 1 fully saturated rings. The maximum Gasteiger partial charge on any atom is 0.319 e. The highest BCUT2D eigenvalue weighted by Gasteiger charge is 2.25. The van der Waals surface area contributed by atoms with E-state index in [1.165, 1.54) is 17.7 Å². The molecule has 0 spiro atoms. The first kappa shape index (κ1) is 24.0. The van der Waals surface area contributed by atoms with Gasteiger partial charge in [-0.1, -0.05) is 25.1 Å². The summed E-state index contributed by atoms with van der Waals surface area (Å²) in [7, 11) is 1.58. The standard InChI is InChI=1S/C25H34FN3O3/c1-3-23(28-25(31)27-21-5-4-6-22(16-21)32-2)24(30)17-29-13-11-19(12-14-29)15-18-7-9-20(26)10-8-18/h4-10,16,19,23-24,30H,3,11-15,17H2,1-2H3,(H2,27,28,31)/t23-,24-/m1/s1. The Labute approximate surface area is 189 Å². The topological polar surface area (TPSA) is 73.8 Å². The lowest BCUT2D eigenvalue weighted by Gasteiger charge is -2.35. The summed E-state index contributed by atoms with van der Waals surface area (Å²) in [5.41, 5.74) is 1.80. The monoisotopic (exact) mass is 443 g/mol. The number of halogens is 1. The van der Waals surface area contributed by atoms with Crippen molar-refractivity contribution >= 4 is 11.7 Å². The number of rotatable bonds is 9. The summed E-state index contributed by atoms with van der Waals surface area (Å²) in [5, 5.41) is 16.4. The maximum atomic E-state index is 13.1. The number of nitrogens with zero attached hydrogens (tertiary/aromatic N) is 1. The number of aliphatic hydroxyl groups is 1. The van der Waals surface area contributed by atoms with Gasteiger partial charge in [-0.25, -0.2) is 9.18 Å². The van der Waals surface area contributed by atoms with Gasteiger partial charge in [-0.3, -0.25) is 0 Å². The Kier molecular flexibility index (Phi) is 8.88. The summed E-state index contributed by atoms with van der Waals surface area (Å²) >= 11 is 0. The molecule has 0 radical (unpaired) electrons. The van der Waals surface area contributed by atoms with Gasteiger partial charge in [0.05, 0.1) is 19.3 Å². The molecule has 0 aliphatic carbocycles. The molecular weight excluding hydrogens is 409 g/mol. The van der Waals surface area contributed by atoms with Crippen molar-refractivity contribution in [2.75, 3.05) is 32.1 Å². The van der Waals surface area contributed by atoms with Gasteiger partial charge in [-0.05, 0) is 74.5 Å². The second-order valence-electron chi connectivity index (χ2n) is 8.49. The van der Waals surface area contributed by atoms with E-state index >= 15 is 0 Å². The first-order valence-electron chi connectivity index (χ1n) is 11.3. The van der Waals surface area contributed by atoms with Crippen LogP contribution in [0.2, 0.25) is 0 Å². The van der Waals surface area contributed by atoms with Gasteiger partial charge in [0.15, 0.2) is 0 Å². The minimum Gasteiger partial charge on any atom is -0.497 e. The minimum absolute atomic E-state index is 0.200. The van der Waals surface area contributed by atoms with Crippen LogP contribution in [0.3, 0.4) is 0 Å². The Hall–Kier alpha value is -2.64. The van der Waals surface area contributed by atoms with Gasteiger partial charge in [0, 0.05) is 18.3 Å². The van der Waals surface area contributed by atoms with E-state index in [0.29, 0.717) is 30.3 Å². The van der Waals surface area contributed by atoms with Gasteiger partial charge in [0.2, 0.25) is 0 Å². The van der Waals surface area contributed by atoms with Gasteiger partial charge < -0.3 is 25.4 Å². The molecule has 1 saturated heterocycles. The zero-order valence-electron chi connectivity index (χ0n) is 18.9. The molecule has 2 aromatic carbocycles. The van der Waals surface area contributed by atoms with Crippen molar-refractivity contribution in [3.63, 3.8) is 0 Å². The zero-order valence-corrected chi connectivity index (χ0v) is 18.9. The number of ether oxygens (including phenoxy) is 1. The average molecular weight is 444 g/mol. The van der Waals surface area contributed by atoms with Crippen LogP contribution in [-0.4, -0.2) is 54.9 Å². The number of benzene rings is 2. The largest absolute Gasteiger partial charge is 0.497 e. The summed E-state index contributed by atoms with van der Waals surface area (Å²) < 4.78 is 18.3. The smallest absolute Gasteiger partial charge is 0.319 e. The molecule has 0 saturated carbocycles. The highest BCUT2D eigenvalue weighted by atomic mass is 19.1. The zero-order chi connectivity index (χ0) is 22.9.